The maximum Gasteiger partial charge on any atom is 0.248 e. The Morgan fingerprint density at radius 1 is 1.17 bits per heavy atom. The van der Waals surface area contributed by atoms with Crippen LogP contribution in [0.25, 0.3) is 6.08 Å². The second-order valence-corrected chi connectivity index (χ2v) is 5.88. The minimum absolute atomic E-state index is 0.146. The third kappa shape index (κ3) is 5.27. The SMILES string of the molecule is CCCCOc1ccccc1/C=C/C(=O)Nc1cc(C)ccc1C. The normalized spacial score (nSPS) is 10.8. The number of carbonyl (C=O) groups excluding carboxylic acids is 1. The summed E-state index contributed by atoms with van der Waals surface area (Å²) >= 11 is 0. The largest absolute Gasteiger partial charge is 0.493 e. The third-order valence-electron chi connectivity index (χ3n) is 3.74. The summed E-state index contributed by atoms with van der Waals surface area (Å²) in [5.74, 6) is 0.661. The monoisotopic (exact) mass is 323 g/mol. The molecule has 0 aliphatic rings. The molecule has 2 aromatic rings. The zero-order valence-corrected chi connectivity index (χ0v) is 14.6. The molecule has 2 rings (SSSR count). The molecule has 0 saturated heterocycles. The average molecular weight is 323 g/mol. The smallest absolute Gasteiger partial charge is 0.248 e. The molecule has 0 aromatic heterocycles. The Balaban J connectivity index is 2.04. The van der Waals surface area contributed by atoms with Crippen molar-refractivity contribution in [1.29, 1.82) is 0 Å². The van der Waals surface area contributed by atoms with Gasteiger partial charge >= 0.3 is 0 Å². The molecule has 0 heterocycles. The molecule has 0 spiro atoms. The van der Waals surface area contributed by atoms with Crippen molar-refractivity contribution in [1.82, 2.24) is 0 Å². The number of rotatable bonds is 7. The molecule has 0 atom stereocenters. The van der Waals surface area contributed by atoms with Gasteiger partial charge in [0.05, 0.1) is 6.61 Å². The summed E-state index contributed by atoms with van der Waals surface area (Å²) in [6.45, 7) is 6.81. The molecular formula is C21H25NO2. The highest BCUT2D eigenvalue weighted by Gasteiger charge is 2.04. The van der Waals surface area contributed by atoms with E-state index in [-0.39, 0.29) is 5.91 Å². The van der Waals surface area contributed by atoms with E-state index in [9.17, 15) is 4.79 Å². The molecule has 126 valence electrons. The first-order valence-corrected chi connectivity index (χ1v) is 8.38. The van der Waals surface area contributed by atoms with Gasteiger partial charge in [0.15, 0.2) is 0 Å². The molecular weight excluding hydrogens is 298 g/mol. The highest BCUT2D eigenvalue weighted by Crippen LogP contribution is 2.20. The highest BCUT2D eigenvalue weighted by molar-refractivity contribution is 6.02. The molecule has 0 bridgehead atoms. The summed E-state index contributed by atoms with van der Waals surface area (Å²) < 4.78 is 5.78. The molecule has 1 N–H and O–H groups in total. The van der Waals surface area contributed by atoms with Gasteiger partial charge in [-0.1, -0.05) is 43.7 Å². The van der Waals surface area contributed by atoms with Gasteiger partial charge in [-0.25, -0.2) is 0 Å². The Labute approximate surface area is 144 Å². The van der Waals surface area contributed by atoms with Gasteiger partial charge in [0.2, 0.25) is 5.91 Å². The fourth-order valence-electron chi connectivity index (χ4n) is 2.29. The molecule has 1 amide bonds. The Morgan fingerprint density at radius 2 is 1.96 bits per heavy atom. The predicted molar refractivity (Wildman–Crippen MR) is 100 cm³/mol. The lowest BCUT2D eigenvalue weighted by Crippen LogP contribution is -2.09. The van der Waals surface area contributed by atoms with Crippen LogP contribution in [0.1, 0.15) is 36.5 Å². The van der Waals surface area contributed by atoms with Gasteiger partial charge in [-0.3, -0.25) is 4.79 Å². The van der Waals surface area contributed by atoms with E-state index in [4.69, 9.17) is 4.74 Å². The first-order valence-electron chi connectivity index (χ1n) is 8.38. The highest BCUT2D eigenvalue weighted by atomic mass is 16.5. The lowest BCUT2D eigenvalue weighted by atomic mass is 10.1. The summed E-state index contributed by atoms with van der Waals surface area (Å²) in [5, 5.41) is 2.93. The van der Waals surface area contributed by atoms with Crippen molar-refractivity contribution in [3.8, 4) is 5.75 Å². The number of unbranched alkanes of at least 4 members (excludes halogenated alkanes) is 1. The van der Waals surface area contributed by atoms with Crippen LogP contribution in [0.5, 0.6) is 5.75 Å². The van der Waals surface area contributed by atoms with Crippen molar-refractivity contribution < 1.29 is 9.53 Å². The van der Waals surface area contributed by atoms with Crippen LogP contribution in [0.4, 0.5) is 5.69 Å². The van der Waals surface area contributed by atoms with E-state index in [1.54, 1.807) is 12.2 Å². The summed E-state index contributed by atoms with van der Waals surface area (Å²) in [6, 6.07) is 13.8. The molecule has 24 heavy (non-hydrogen) atoms. The van der Waals surface area contributed by atoms with Crippen molar-refractivity contribution in [2.24, 2.45) is 0 Å². The van der Waals surface area contributed by atoms with Crippen LogP contribution in [0.2, 0.25) is 0 Å². The minimum Gasteiger partial charge on any atom is -0.493 e. The Kier molecular flexibility index (Phi) is 6.62. The number of aryl methyl sites for hydroxylation is 2. The van der Waals surface area contributed by atoms with Gasteiger partial charge in [-0.15, -0.1) is 0 Å². The standard InChI is InChI=1S/C21H25NO2/c1-4-5-14-24-20-9-7-6-8-18(20)12-13-21(23)22-19-15-16(2)10-11-17(19)3/h6-13,15H,4-5,14H2,1-3H3,(H,22,23)/b13-12+. The Hall–Kier alpha value is -2.55. The van der Waals surface area contributed by atoms with Gasteiger partial charge < -0.3 is 10.1 Å². The maximum atomic E-state index is 12.2. The molecule has 0 aliphatic carbocycles. The Bertz CT molecular complexity index is 720. The number of hydrogen-bond donors (Lipinski definition) is 1. The molecule has 2 aromatic carbocycles. The summed E-state index contributed by atoms with van der Waals surface area (Å²) in [6.07, 6.45) is 5.45. The van der Waals surface area contributed by atoms with Gasteiger partial charge in [0, 0.05) is 17.3 Å². The van der Waals surface area contributed by atoms with Crippen LogP contribution in [0, 0.1) is 13.8 Å². The van der Waals surface area contributed by atoms with Crippen LogP contribution >= 0.6 is 0 Å². The van der Waals surface area contributed by atoms with Gasteiger partial charge in [0.25, 0.3) is 0 Å². The van der Waals surface area contributed by atoms with Crippen LogP contribution in [-0.2, 0) is 4.79 Å². The van der Waals surface area contributed by atoms with Crippen molar-refractivity contribution in [2.75, 3.05) is 11.9 Å². The van der Waals surface area contributed by atoms with Gasteiger partial charge in [0.1, 0.15) is 5.75 Å². The van der Waals surface area contributed by atoms with E-state index in [2.05, 4.69) is 12.2 Å². The second kappa shape index (κ2) is 8.92. The molecule has 3 heteroatoms. The number of nitrogens with one attached hydrogen (secondary N) is 1. The van der Waals surface area contributed by atoms with Crippen LogP contribution in [0.15, 0.2) is 48.5 Å². The Morgan fingerprint density at radius 3 is 2.75 bits per heavy atom. The van der Waals surface area contributed by atoms with Crippen LogP contribution < -0.4 is 10.1 Å². The predicted octanol–water partition coefficient (Wildman–Crippen LogP) is 5.13. The van der Waals surface area contributed by atoms with Crippen LogP contribution in [0.3, 0.4) is 0 Å². The topological polar surface area (TPSA) is 38.3 Å². The summed E-state index contributed by atoms with van der Waals surface area (Å²) in [7, 11) is 0. The van der Waals surface area contributed by atoms with E-state index in [0.29, 0.717) is 6.61 Å². The molecule has 0 unspecified atom stereocenters. The van der Waals surface area contributed by atoms with Crippen molar-refractivity contribution in [3.05, 3.63) is 65.2 Å². The number of anilines is 1. The fourth-order valence-corrected chi connectivity index (χ4v) is 2.29. The lowest BCUT2D eigenvalue weighted by Gasteiger charge is -2.09. The molecule has 0 saturated carbocycles. The first kappa shape index (κ1) is 17.8. The molecule has 0 fully saturated rings. The quantitative estimate of drug-likeness (QED) is 0.566. The number of para-hydroxylation sites is 1. The lowest BCUT2D eigenvalue weighted by molar-refractivity contribution is -0.111. The number of amides is 1. The zero-order chi connectivity index (χ0) is 17.4. The van der Waals surface area contributed by atoms with E-state index < -0.39 is 0 Å². The number of ether oxygens (including phenoxy) is 1. The van der Waals surface area contributed by atoms with Crippen molar-refractivity contribution in [2.45, 2.75) is 33.6 Å². The van der Waals surface area contributed by atoms with E-state index in [1.807, 2.05) is 56.3 Å². The second-order valence-electron chi connectivity index (χ2n) is 5.88. The first-order chi connectivity index (χ1) is 11.6. The molecule has 0 aliphatic heterocycles. The maximum absolute atomic E-state index is 12.2. The van der Waals surface area contributed by atoms with Crippen molar-refractivity contribution >= 4 is 17.7 Å². The van der Waals surface area contributed by atoms with Crippen molar-refractivity contribution in [3.63, 3.8) is 0 Å². The fraction of sp³-hybridized carbons (Fsp3) is 0.286. The van der Waals surface area contributed by atoms with Crippen LogP contribution in [-0.4, -0.2) is 12.5 Å². The third-order valence-corrected chi connectivity index (χ3v) is 3.74. The molecule has 3 nitrogen and oxygen atoms in total. The van der Waals surface area contributed by atoms with Gasteiger partial charge in [-0.2, -0.15) is 0 Å². The number of benzene rings is 2. The minimum atomic E-state index is -0.146. The number of hydrogen-bond acceptors (Lipinski definition) is 2. The van der Waals surface area contributed by atoms with E-state index in [0.717, 1.165) is 41.0 Å². The summed E-state index contributed by atoms with van der Waals surface area (Å²) in [5.41, 5.74) is 3.92. The average Bonchev–Trinajstić information content (AvgIpc) is 2.57. The molecule has 0 radical (unpaired) electrons. The van der Waals surface area contributed by atoms with E-state index in [1.165, 1.54) is 0 Å². The zero-order valence-electron chi connectivity index (χ0n) is 14.6. The van der Waals surface area contributed by atoms with E-state index >= 15 is 0 Å². The number of carbonyl (C=O) groups is 1. The summed E-state index contributed by atoms with van der Waals surface area (Å²) in [4.78, 5) is 12.2. The van der Waals surface area contributed by atoms with Gasteiger partial charge in [-0.05, 0) is 49.6 Å².